The van der Waals surface area contributed by atoms with Gasteiger partial charge in [0.05, 0.1) is 28.6 Å². The molecule has 0 fully saturated rings. The van der Waals surface area contributed by atoms with E-state index in [2.05, 4.69) is 20.7 Å². The van der Waals surface area contributed by atoms with E-state index >= 15 is 0 Å². The van der Waals surface area contributed by atoms with E-state index in [0.717, 1.165) is 27.8 Å². The molecule has 0 spiro atoms. The maximum Gasteiger partial charge on any atom is 0.252 e. The second-order valence-corrected chi connectivity index (χ2v) is 8.31. The van der Waals surface area contributed by atoms with Crippen molar-refractivity contribution in [2.45, 2.75) is 26.3 Å². The Balaban J connectivity index is 1.71. The topological polar surface area (TPSA) is 97.0 Å². The van der Waals surface area contributed by atoms with Gasteiger partial charge in [0.15, 0.2) is 5.82 Å². The largest absolute Gasteiger partial charge is 0.396 e. The quantitative estimate of drug-likeness (QED) is 0.394. The Kier molecular flexibility index (Phi) is 6.16. The minimum atomic E-state index is -0.0667. The summed E-state index contributed by atoms with van der Waals surface area (Å²) in [5.74, 6) is 0.603. The molecule has 3 N–H and O–H groups in total. The molecule has 0 aliphatic carbocycles. The molecule has 32 heavy (non-hydrogen) atoms. The van der Waals surface area contributed by atoms with Gasteiger partial charge in [-0.1, -0.05) is 11.6 Å². The van der Waals surface area contributed by atoms with E-state index in [1.54, 1.807) is 34.8 Å². The monoisotopic (exact) mass is 452 g/mol. The number of benzene rings is 1. The maximum atomic E-state index is 12.3. The highest BCUT2D eigenvalue weighted by Gasteiger charge is 2.11. The van der Waals surface area contributed by atoms with E-state index in [1.807, 2.05) is 44.3 Å². The molecule has 9 heteroatoms. The first kappa shape index (κ1) is 21.9. The van der Waals surface area contributed by atoms with E-state index in [0.29, 0.717) is 22.9 Å². The zero-order chi connectivity index (χ0) is 22.8. The van der Waals surface area contributed by atoms with Crippen molar-refractivity contribution in [1.82, 2.24) is 19.3 Å². The zero-order valence-electron chi connectivity index (χ0n) is 18.1. The summed E-state index contributed by atoms with van der Waals surface area (Å²) in [6.45, 7) is 4.13. The van der Waals surface area contributed by atoms with Gasteiger partial charge >= 0.3 is 0 Å². The number of hydrogen-bond donors (Lipinski definition) is 3. The van der Waals surface area contributed by atoms with Crippen LogP contribution in [-0.4, -0.2) is 37.1 Å². The van der Waals surface area contributed by atoms with Crippen molar-refractivity contribution in [3.05, 3.63) is 69.9 Å². The first-order valence-electron chi connectivity index (χ1n) is 10.3. The Morgan fingerprint density at radius 3 is 2.72 bits per heavy atom. The molecule has 0 atom stereocenters. The van der Waals surface area contributed by atoms with Crippen LogP contribution in [0.4, 0.5) is 17.1 Å². The lowest BCUT2D eigenvalue weighted by molar-refractivity contribution is 0.299. The third-order valence-corrected chi connectivity index (χ3v) is 5.38. The Morgan fingerprint density at radius 1 is 1.16 bits per heavy atom. The molecular formula is C23H25ClN6O2. The van der Waals surface area contributed by atoms with Crippen LogP contribution in [0, 0.1) is 0 Å². The summed E-state index contributed by atoms with van der Waals surface area (Å²) in [6.07, 6.45) is 5.64. The number of rotatable bonds is 7. The van der Waals surface area contributed by atoms with E-state index < -0.39 is 0 Å². The van der Waals surface area contributed by atoms with Gasteiger partial charge < -0.3 is 20.3 Å². The van der Waals surface area contributed by atoms with Crippen LogP contribution in [0.25, 0.3) is 16.7 Å². The van der Waals surface area contributed by atoms with Crippen molar-refractivity contribution in [2.75, 3.05) is 17.2 Å². The molecule has 3 aromatic heterocycles. The van der Waals surface area contributed by atoms with Crippen molar-refractivity contribution in [3.8, 4) is 5.82 Å². The van der Waals surface area contributed by atoms with Crippen molar-refractivity contribution < 1.29 is 5.11 Å². The van der Waals surface area contributed by atoms with Gasteiger partial charge in [-0.2, -0.15) is 5.10 Å². The van der Waals surface area contributed by atoms with Gasteiger partial charge in [0.1, 0.15) is 0 Å². The highest BCUT2D eigenvalue weighted by molar-refractivity contribution is 6.33. The lowest BCUT2D eigenvalue weighted by Crippen LogP contribution is -2.19. The van der Waals surface area contributed by atoms with Gasteiger partial charge in [-0.25, -0.2) is 9.67 Å². The molecule has 0 bridgehead atoms. The van der Waals surface area contributed by atoms with Crippen LogP contribution in [0.3, 0.4) is 0 Å². The number of fused-ring (bicyclic) bond motifs is 1. The number of aryl methyl sites for hydroxylation is 1. The molecule has 166 valence electrons. The molecule has 8 nitrogen and oxygen atoms in total. The average Bonchev–Trinajstić information content (AvgIpc) is 3.22. The fraction of sp³-hybridized carbons (Fsp3) is 0.261. The number of hydrogen-bond acceptors (Lipinski definition) is 6. The Morgan fingerprint density at radius 2 is 1.97 bits per heavy atom. The number of pyridine rings is 2. The molecule has 0 radical (unpaired) electrons. The predicted octanol–water partition coefficient (Wildman–Crippen LogP) is 3.87. The lowest BCUT2D eigenvalue weighted by Gasteiger charge is -2.16. The van der Waals surface area contributed by atoms with Crippen molar-refractivity contribution in [3.63, 3.8) is 0 Å². The van der Waals surface area contributed by atoms with Crippen LogP contribution in [0.2, 0.25) is 5.02 Å². The Hall–Kier alpha value is -3.36. The number of anilines is 3. The average molecular weight is 453 g/mol. The van der Waals surface area contributed by atoms with Crippen LogP contribution in [-0.2, 0) is 13.5 Å². The van der Waals surface area contributed by atoms with Gasteiger partial charge in [0.25, 0.3) is 5.56 Å². The van der Waals surface area contributed by atoms with Gasteiger partial charge in [-0.3, -0.25) is 4.79 Å². The fourth-order valence-electron chi connectivity index (χ4n) is 3.52. The molecule has 0 saturated carbocycles. The minimum absolute atomic E-state index is 0.0633. The molecular weight excluding hydrogens is 428 g/mol. The van der Waals surface area contributed by atoms with Gasteiger partial charge in [0.2, 0.25) is 0 Å². The number of nitrogens with zero attached hydrogens (tertiary/aromatic N) is 4. The second-order valence-electron chi connectivity index (χ2n) is 7.90. The van der Waals surface area contributed by atoms with Crippen LogP contribution < -0.4 is 16.2 Å². The summed E-state index contributed by atoms with van der Waals surface area (Å²) < 4.78 is 3.27. The van der Waals surface area contributed by atoms with Gasteiger partial charge in [0, 0.05) is 54.8 Å². The smallest absolute Gasteiger partial charge is 0.252 e. The molecule has 1 aromatic carbocycles. The molecule has 0 unspecified atom stereocenters. The van der Waals surface area contributed by atoms with Gasteiger partial charge in [-0.15, -0.1) is 0 Å². The third-order valence-electron chi connectivity index (χ3n) is 5.08. The summed E-state index contributed by atoms with van der Waals surface area (Å²) in [7, 11) is 1.76. The number of halogens is 1. The standard InChI is InChI=1S/C23H25ClN6O2/c1-14(2)27-19-10-23(32)29(3)21-5-4-16(8-17(19)21)28-20-9-22(25-12-18(20)24)30-13-15(6-7-31)11-26-30/h4-5,8-14,27,31H,6-7H2,1-3H3,(H,25,28). The first-order valence-corrected chi connectivity index (χ1v) is 10.7. The molecule has 0 aliphatic heterocycles. The van der Waals surface area contributed by atoms with E-state index in [4.69, 9.17) is 16.7 Å². The summed E-state index contributed by atoms with van der Waals surface area (Å²) in [6, 6.07) is 9.42. The van der Waals surface area contributed by atoms with Gasteiger partial charge in [-0.05, 0) is 44.0 Å². The first-order chi connectivity index (χ1) is 15.4. The Labute approximate surface area is 190 Å². The number of aliphatic hydroxyl groups is 1. The van der Waals surface area contributed by atoms with Crippen molar-refractivity contribution in [1.29, 1.82) is 0 Å². The van der Waals surface area contributed by atoms with Crippen LogP contribution in [0.5, 0.6) is 0 Å². The van der Waals surface area contributed by atoms with Crippen LogP contribution >= 0.6 is 11.6 Å². The molecule has 4 rings (SSSR count). The SMILES string of the molecule is CC(C)Nc1cc(=O)n(C)c2ccc(Nc3cc(-n4cc(CCO)cn4)ncc3Cl)cc12. The molecule has 0 saturated heterocycles. The van der Waals surface area contributed by atoms with Crippen molar-refractivity contribution in [2.24, 2.45) is 7.05 Å². The summed E-state index contributed by atoms with van der Waals surface area (Å²) in [4.78, 5) is 16.7. The highest BCUT2D eigenvalue weighted by Crippen LogP contribution is 2.30. The summed E-state index contributed by atoms with van der Waals surface area (Å²) in [5, 5.41) is 21.5. The van der Waals surface area contributed by atoms with Crippen LogP contribution in [0.1, 0.15) is 19.4 Å². The van der Waals surface area contributed by atoms with Crippen molar-refractivity contribution >= 4 is 39.6 Å². The number of aromatic nitrogens is 4. The second kappa shape index (κ2) is 9.02. The fourth-order valence-corrected chi connectivity index (χ4v) is 3.67. The lowest BCUT2D eigenvalue weighted by atomic mass is 10.1. The van der Waals surface area contributed by atoms with E-state index in [1.165, 1.54) is 0 Å². The molecule has 4 aromatic rings. The predicted molar refractivity (Wildman–Crippen MR) is 128 cm³/mol. The van der Waals surface area contributed by atoms with E-state index in [-0.39, 0.29) is 18.2 Å². The van der Waals surface area contributed by atoms with E-state index in [9.17, 15) is 4.79 Å². The maximum absolute atomic E-state index is 12.3. The highest BCUT2D eigenvalue weighted by atomic mass is 35.5. The summed E-state index contributed by atoms with van der Waals surface area (Å²) >= 11 is 6.41. The minimum Gasteiger partial charge on any atom is -0.396 e. The molecule has 0 aliphatic rings. The Bertz CT molecular complexity index is 1330. The third kappa shape index (κ3) is 4.46. The zero-order valence-corrected chi connectivity index (χ0v) is 18.9. The normalized spacial score (nSPS) is 11.3. The summed E-state index contributed by atoms with van der Waals surface area (Å²) in [5.41, 5.74) is 3.98. The van der Waals surface area contributed by atoms with Crippen LogP contribution in [0.15, 0.2) is 53.7 Å². The number of nitrogens with one attached hydrogen (secondary N) is 2. The molecule has 0 amide bonds. The molecule has 3 heterocycles. The number of aliphatic hydroxyl groups excluding tert-OH is 1.